The van der Waals surface area contributed by atoms with Crippen molar-refractivity contribution < 1.29 is 17.9 Å². The molecule has 2 N–H and O–H groups in total. The lowest BCUT2D eigenvalue weighted by Gasteiger charge is -2.39. The van der Waals surface area contributed by atoms with E-state index in [0.717, 1.165) is 25.8 Å². The molecule has 3 nitrogen and oxygen atoms in total. The maximum Gasteiger partial charge on any atom is 0.573 e. The molecule has 1 saturated heterocycles. The van der Waals surface area contributed by atoms with Crippen molar-refractivity contribution in [3.63, 3.8) is 0 Å². The average Bonchev–Trinajstić information content (AvgIpc) is 2.42. The summed E-state index contributed by atoms with van der Waals surface area (Å²) in [7, 11) is 0. The molecule has 118 valence electrons. The maximum absolute atomic E-state index is 12.5. The number of rotatable bonds is 4. The van der Waals surface area contributed by atoms with Crippen molar-refractivity contribution in [2.24, 2.45) is 5.73 Å². The van der Waals surface area contributed by atoms with Gasteiger partial charge in [-0.3, -0.25) is 4.90 Å². The summed E-state index contributed by atoms with van der Waals surface area (Å²) in [5, 5.41) is 0. The molecule has 0 amide bonds. The number of hydrogen-bond acceptors (Lipinski definition) is 3. The molecule has 2 unspecified atom stereocenters. The summed E-state index contributed by atoms with van der Waals surface area (Å²) in [4.78, 5) is 2.18. The molecule has 1 aliphatic heterocycles. The largest absolute Gasteiger partial charge is 0.573 e. The molecule has 1 aliphatic rings. The number of hydrogen-bond donors (Lipinski definition) is 1. The van der Waals surface area contributed by atoms with E-state index in [2.05, 4.69) is 16.6 Å². The Kier molecular flexibility index (Phi) is 5.11. The standard InChI is InChI=1S/C15H21F3N2O/c1-11-6-4-5-9-20(11)13(10-19)12-7-2-3-8-14(12)21-15(16,17)18/h2-3,7-8,11,13H,4-6,9-10,19H2,1H3. The van der Waals surface area contributed by atoms with Crippen molar-refractivity contribution in [2.75, 3.05) is 13.1 Å². The van der Waals surface area contributed by atoms with E-state index in [1.165, 1.54) is 12.1 Å². The van der Waals surface area contributed by atoms with Gasteiger partial charge in [-0.15, -0.1) is 13.2 Å². The Labute approximate surface area is 122 Å². The third-order valence-electron chi connectivity index (χ3n) is 3.98. The van der Waals surface area contributed by atoms with E-state index in [9.17, 15) is 13.2 Å². The van der Waals surface area contributed by atoms with Crippen molar-refractivity contribution >= 4 is 0 Å². The fourth-order valence-corrected chi connectivity index (χ4v) is 3.00. The van der Waals surface area contributed by atoms with E-state index >= 15 is 0 Å². The third kappa shape index (κ3) is 4.11. The van der Waals surface area contributed by atoms with Crippen LogP contribution >= 0.6 is 0 Å². The number of alkyl halides is 3. The minimum absolute atomic E-state index is 0.154. The Morgan fingerprint density at radius 1 is 1.33 bits per heavy atom. The molecule has 0 saturated carbocycles. The highest BCUT2D eigenvalue weighted by Crippen LogP contribution is 2.35. The lowest BCUT2D eigenvalue weighted by atomic mass is 9.96. The third-order valence-corrected chi connectivity index (χ3v) is 3.98. The van der Waals surface area contributed by atoms with E-state index in [1.807, 2.05) is 0 Å². The Bertz CT molecular complexity index is 464. The molecule has 0 bridgehead atoms. The zero-order valence-electron chi connectivity index (χ0n) is 12.1. The Morgan fingerprint density at radius 2 is 2.05 bits per heavy atom. The van der Waals surface area contributed by atoms with Crippen LogP contribution in [0, 0.1) is 0 Å². The molecule has 0 spiro atoms. The van der Waals surface area contributed by atoms with E-state index in [4.69, 9.17) is 5.73 Å². The molecule has 1 heterocycles. The van der Waals surface area contributed by atoms with Gasteiger partial charge in [-0.05, 0) is 32.4 Å². The van der Waals surface area contributed by atoms with Gasteiger partial charge < -0.3 is 10.5 Å². The highest BCUT2D eigenvalue weighted by atomic mass is 19.4. The van der Waals surface area contributed by atoms with Gasteiger partial charge in [-0.25, -0.2) is 0 Å². The van der Waals surface area contributed by atoms with Crippen molar-refractivity contribution in [1.82, 2.24) is 4.90 Å². The fourth-order valence-electron chi connectivity index (χ4n) is 3.00. The van der Waals surface area contributed by atoms with Crippen molar-refractivity contribution in [1.29, 1.82) is 0 Å². The molecular formula is C15H21F3N2O. The molecule has 1 fully saturated rings. The lowest BCUT2D eigenvalue weighted by molar-refractivity contribution is -0.275. The predicted octanol–water partition coefficient (Wildman–Crippen LogP) is 3.46. The number of halogens is 3. The van der Waals surface area contributed by atoms with Crippen LogP contribution in [-0.2, 0) is 0 Å². The van der Waals surface area contributed by atoms with Crippen LogP contribution < -0.4 is 10.5 Å². The van der Waals surface area contributed by atoms with Gasteiger partial charge in [-0.2, -0.15) is 0 Å². The predicted molar refractivity (Wildman–Crippen MR) is 74.9 cm³/mol. The van der Waals surface area contributed by atoms with Gasteiger partial charge in [0.05, 0.1) is 6.04 Å². The summed E-state index contributed by atoms with van der Waals surface area (Å²) in [5.74, 6) is -0.154. The molecule has 1 aromatic rings. The highest BCUT2D eigenvalue weighted by Gasteiger charge is 2.34. The maximum atomic E-state index is 12.5. The van der Waals surface area contributed by atoms with Crippen LogP contribution in [0.2, 0.25) is 0 Å². The summed E-state index contributed by atoms with van der Waals surface area (Å²) < 4.78 is 41.8. The second-order valence-corrected chi connectivity index (χ2v) is 5.42. The van der Waals surface area contributed by atoms with Gasteiger partial charge >= 0.3 is 6.36 Å². The Balaban J connectivity index is 2.29. The molecule has 1 aromatic carbocycles. The monoisotopic (exact) mass is 302 g/mol. The van der Waals surface area contributed by atoms with Gasteiger partial charge in [-0.1, -0.05) is 24.6 Å². The van der Waals surface area contributed by atoms with E-state index < -0.39 is 6.36 Å². The van der Waals surface area contributed by atoms with Crippen molar-refractivity contribution in [2.45, 2.75) is 44.6 Å². The molecule has 6 heteroatoms. The quantitative estimate of drug-likeness (QED) is 0.925. The number of para-hydroxylation sites is 1. The van der Waals surface area contributed by atoms with E-state index in [0.29, 0.717) is 11.6 Å². The number of benzene rings is 1. The van der Waals surface area contributed by atoms with Crippen LogP contribution in [0.3, 0.4) is 0 Å². The van der Waals surface area contributed by atoms with E-state index in [1.54, 1.807) is 12.1 Å². The minimum Gasteiger partial charge on any atom is -0.405 e. The molecular weight excluding hydrogens is 281 g/mol. The summed E-state index contributed by atoms with van der Waals surface area (Å²) in [6.07, 6.45) is -1.46. The molecule has 0 aliphatic carbocycles. The molecule has 2 rings (SSSR count). The van der Waals surface area contributed by atoms with E-state index in [-0.39, 0.29) is 18.3 Å². The topological polar surface area (TPSA) is 38.5 Å². The first-order valence-corrected chi connectivity index (χ1v) is 7.23. The summed E-state index contributed by atoms with van der Waals surface area (Å²) in [6, 6.07) is 6.33. The number of nitrogens with two attached hydrogens (primary N) is 1. The van der Waals surface area contributed by atoms with Gasteiger partial charge in [0, 0.05) is 18.2 Å². The molecule has 2 atom stereocenters. The van der Waals surface area contributed by atoms with Crippen molar-refractivity contribution in [3.05, 3.63) is 29.8 Å². The van der Waals surface area contributed by atoms with Gasteiger partial charge in [0.1, 0.15) is 5.75 Å². The van der Waals surface area contributed by atoms with Crippen LogP contribution in [0.5, 0.6) is 5.75 Å². The highest BCUT2D eigenvalue weighted by molar-refractivity contribution is 5.36. The number of nitrogens with zero attached hydrogens (tertiary/aromatic N) is 1. The summed E-state index contributed by atoms with van der Waals surface area (Å²) >= 11 is 0. The fraction of sp³-hybridized carbons (Fsp3) is 0.600. The first-order chi connectivity index (χ1) is 9.92. The Hall–Kier alpha value is -1.27. The molecule has 21 heavy (non-hydrogen) atoms. The first kappa shape index (κ1) is 16.1. The van der Waals surface area contributed by atoms with Crippen LogP contribution in [0.1, 0.15) is 37.8 Å². The van der Waals surface area contributed by atoms with Crippen LogP contribution in [0.4, 0.5) is 13.2 Å². The Morgan fingerprint density at radius 3 is 2.67 bits per heavy atom. The number of ether oxygens (including phenoxy) is 1. The smallest absolute Gasteiger partial charge is 0.405 e. The van der Waals surface area contributed by atoms with Gasteiger partial charge in [0.15, 0.2) is 0 Å². The SMILES string of the molecule is CC1CCCCN1C(CN)c1ccccc1OC(F)(F)F. The van der Waals surface area contributed by atoms with Gasteiger partial charge in [0.2, 0.25) is 0 Å². The summed E-state index contributed by atoms with van der Waals surface area (Å²) in [6.45, 7) is 3.21. The second-order valence-electron chi connectivity index (χ2n) is 5.42. The van der Waals surface area contributed by atoms with Crippen LogP contribution in [-0.4, -0.2) is 30.4 Å². The van der Waals surface area contributed by atoms with Gasteiger partial charge in [0.25, 0.3) is 0 Å². The average molecular weight is 302 g/mol. The lowest BCUT2D eigenvalue weighted by Crippen LogP contribution is -2.43. The minimum atomic E-state index is -4.69. The van der Waals surface area contributed by atoms with Crippen LogP contribution in [0.25, 0.3) is 0 Å². The van der Waals surface area contributed by atoms with Crippen molar-refractivity contribution in [3.8, 4) is 5.75 Å². The second kappa shape index (κ2) is 6.66. The number of piperidine rings is 1. The summed E-state index contributed by atoms with van der Waals surface area (Å²) in [5.41, 5.74) is 6.36. The molecule has 0 aromatic heterocycles. The van der Waals surface area contributed by atoms with Crippen LogP contribution in [0.15, 0.2) is 24.3 Å². The zero-order valence-corrected chi connectivity index (χ0v) is 12.1. The first-order valence-electron chi connectivity index (χ1n) is 7.23. The number of likely N-dealkylation sites (tertiary alicyclic amines) is 1. The normalized spacial score (nSPS) is 22.0. The zero-order chi connectivity index (χ0) is 15.5. The molecule has 0 radical (unpaired) electrons.